The van der Waals surface area contributed by atoms with Gasteiger partial charge in [-0.3, -0.25) is 14.6 Å². The van der Waals surface area contributed by atoms with Crippen molar-refractivity contribution in [1.82, 2.24) is 15.6 Å². The summed E-state index contributed by atoms with van der Waals surface area (Å²) in [6, 6.07) is 5.28. The molecule has 1 unspecified atom stereocenters. The van der Waals surface area contributed by atoms with Crippen LogP contribution in [-0.2, 0) is 4.79 Å². The van der Waals surface area contributed by atoms with Crippen LogP contribution >= 0.6 is 0 Å². The fourth-order valence-corrected chi connectivity index (χ4v) is 3.43. The lowest BCUT2D eigenvalue weighted by molar-refractivity contribution is -0.125. The van der Waals surface area contributed by atoms with Crippen LogP contribution in [0.1, 0.15) is 29.6 Å². The molecule has 1 aromatic heterocycles. The van der Waals surface area contributed by atoms with Gasteiger partial charge in [-0.1, -0.05) is 6.08 Å². The van der Waals surface area contributed by atoms with E-state index in [1.165, 1.54) is 7.11 Å². The summed E-state index contributed by atoms with van der Waals surface area (Å²) in [7, 11) is 3.24. The molecule has 2 aliphatic rings. The Kier molecular flexibility index (Phi) is 5.17. The van der Waals surface area contributed by atoms with Gasteiger partial charge in [0.1, 0.15) is 22.8 Å². The molecule has 156 valence electrons. The Morgan fingerprint density at radius 1 is 1.27 bits per heavy atom. The molecule has 4 rings (SSSR count). The van der Waals surface area contributed by atoms with Crippen LogP contribution in [0.4, 0.5) is 0 Å². The Bertz CT molecular complexity index is 1070. The number of carbonyl (C=O) groups is 2. The molecule has 4 N–H and O–H groups in total. The number of likely N-dealkylation sites (N-methyl/N-ethyl adjacent to an activating group) is 1. The maximum absolute atomic E-state index is 12.6. The molecule has 1 fully saturated rings. The first-order valence-electron chi connectivity index (χ1n) is 9.79. The number of rotatable bonds is 7. The summed E-state index contributed by atoms with van der Waals surface area (Å²) in [5.74, 6) is 0.855. The number of primary amides is 1. The second-order valence-electron chi connectivity index (χ2n) is 7.46. The van der Waals surface area contributed by atoms with E-state index in [1.54, 1.807) is 37.5 Å². The van der Waals surface area contributed by atoms with Gasteiger partial charge in [-0.25, -0.2) is 0 Å². The maximum atomic E-state index is 12.6. The summed E-state index contributed by atoms with van der Waals surface area (Å²) in [5, 5.41) is 6.81. The first-order chi connectivity index (χ1) is 14.5. The highest BCUT2D eigenvalue weighted by Crippen LogP contribution is 2.33. The fourth-order valence-electron chi connectivity index (χ4n) is 3.43. The highest BCUT2D eigenvalue weighted by Gasteiger charge is 2.38. The highest BCUT2D eigenvalue weighted by atomic mass is 16.5. The van der Waals surface area contributed by atoms with Crippen LogP contribution in [0.2, 0.25) is 0 Å². The molecule has 1 aromatic carbocycles. The lowest BCUT2D eigenvalue weighted by Gasteiger charge is -2.30. The van der Waals surface area contributed by atoms with Crippen molar-refractivity contribution in [1.29, 1.82) is 0 Å². The number of nitrogens with two attached hydrogens (primary N) is 1. The third-order valence-corrected chi connectivity index (χ3v) is 5.44. The first-order valence-corrected chi connectivity index (χ1v) is 9.79. The topological polar surface area (TPSA) is 116 Å². The van der Waals surface area contributed by atoms with Gasteiger partial charge in [-0.15, -0.1) is 0 Å². The average molecular weight is 408 g/mol. The van der Waals surface area contributed by atoms with Crippen LogP contribution in [-0.4, -0.2) is 42.5 Å². The van der Waals surface area contributed by atoms with Gasteiger partial charge in [0.15, 0.2) is 0 Å². The number of hydrogen-bond acceptors (Lipinski definition) is 6. The summed E-state index contributed by atoms with van der Waals surface area (Å²) >= 11 is 0. The van der Waals surface area contributed by atoms with E-state index in [2.05, 4.69) is 15.6 Å². The number of amides is 2. The van der Waals surface area contributed by atoms with Crippen molar-refractivity contribution in [2.75, 3.05) is 14.2 Å². The molecule has 0 saturated heterocycles. The lowest BCUT2D eigenvalue weighted by atomic mass is 9.89. The Morgan fingerprint density at radius 2 is 2.07 bits per heavy atom. The quantitative estimate of drug-likeness (QED) is 0.643. The van der Waals surface area contributed by atoms with Gasteiger partial charge in [0, 0.05) is 30.1 Å². The largest absolute Gasteiger partial charge is 0.496 e. The third-order valence-electron chi connectivity index (χ3n) is 5.44. The number of benzene rings is 1. The molecular formula is C22H24N4O4. The van der Waals surface area contributed by atoms with Gasteiger partial charge in [0.25, 0.3) is 5.91 Å². The number of fused-ring (bicyclic) bond motifs is 1. The number of pyridine rings is 1. The predicted octanol–water partition coefficient (Wildman–Crippen LogP) is 1.80. The molecule has 1 heterocycles. The minimum Gasteiger partial charge on any atom is -0.496 e. The molecule has 8 nitrogen and oxygen atoms in total. The first kappa shape index (κ1) is 19.9. The average Bonchev–Trinajstić information content (AvgIpc) is 3.57. The van der Waals surface area contributed by atoms with Gasteiger partial charge in [-0.05, 0) is 44.2 Å². The molecule has 30 heavy (non-hydrogen) atoms. The Morgan fingerprint density at radius 3 is 2.67 bits per heavy atom. The lowest BCUT2D eigenvalue weighted by Crippen LogP contribution is -2.55. The second-order valence-corrected chi connectivity index (χ2v) is 7.46. The Labute approximate surface area is 174 Å². The van der Waals surface area contributed by atoms with Gasteiger partial charge in [-0.2, -0.15) is 0 Å². The van der Waals surface area contributed by atoms with Crippen molar-refractivity contribution in [3.8, 4) is 11.5 Å². The van der Waals surface area contributed by atoms with E-state index in [0.717, 1.165) is 12.8 Å². The van der Waals surface area contributed by atoms with Crippen LogP contribution in [0.25, 0.3) is 10.9 Å². The van der Waals surface area contributed by atoms with Crippen molar-refractivity contribution < 1.29 is 19.1 Å². The molecule has 8 heteroatoms. The monoisotopic (exact) mass is 408 g/mol. The summed E-state index contributed by atoms with van der Waals surface area (Å²) in [5.41, 5.74) is 5.56. The van der Waals surface area contributed by atoms with Crippen molar-refractivity contribution in [3.05, 3.63) is 53.9 Å². The molecule has 0 bridgehead atoms. The van der Waals surface area contributed by atoms with E-state index >= 15 is 0 Å². The fraction of sp³-hybridized carbons (Fsp3) is 0.318. The summed E-state index contributed by atoms with van der Waals surface area (Å²) in [6.45, 7) is 0. The molecule has 1 atom stereocenters. The van der Waals surface area contributed by atoms with Crippen LogP contribution in [0.3, 0.4) is 0 Å². The van der Waals surface area contributed by atoms with E-state index in [0.29, 0.717) is 34.6 Å². The van der Waals surface area contributed by atoms with Gasteiger partial charge < -0.3 is 25.8 Å². The van der Waals surface area contributed by atoms with E-state index in [-0.39, 0.29) is 17.5 Å². The molecule has 0 radical (unpaired) electrons. The smallest absolute Gasteiger partial charge is 0.252 e. The van der Waals surface area contributed by atoms with Crippen LogP contribution < -0.4 is 25.8 Å². The summed E-state index contributed by atoms with van der Waals surface area (Å²) < 4.78 is 11.3. The van der Waals surface area contributed by atoms with Crippen molar-refractivity contribution >= 4 is 22.7 Å². The van der Waals surface area contributed by atoms with Crippen LogP contribution in [0.5, 0.6) is 11.5 Å². The van der Waals surface area contributed by atoms with E-state index < -0.39 is 11.4 Å². The standard InChI is InChI=1S/C22H24N4O4/c1-24-22(21(28)26-13-3-4-13)8-5-14(6-9-22)30-18-7-10-25-17-12-19(29-2)16(20(23)27)11-15(17)18/h5-8,10-13,24H,3-4,9H2,1-2H3,(H2,23,27)(H,26,28). The van der Waals surface area contributed by atoms with Crippen LogP contribution in [0.15, 0.2) is 48.4 Å². The van der Waals surface area contributed by atoms with Crippen molar-refractivity contribution in [2.24, 2.45) is 5.73 Å². The number of allylic oxidation sites excluding steroid dienone is 1. The zero-order valence-electron chi connectivity index (χ0n) is 16.9. The molecule has 0 spiro atoms. The number of aromatic nitrogens is 1. The molecule has 1 saturated carbocycles. The third kappa shape index (κ3) is 3.73. The van der Waals surface area contributed by atoms with Crippen molar-refractivity contribution in [3.63, 3.8) is 0 Å². The molecular weight excluding hydrogens is 384 g/mol. The number of methoxy groups -OCH3 is 1. The number of carbonyl (C=O) groups excluding carboxylic acids is 2. The molecule has 2 aromatic rings. The normalized spacial score (nSPS) is 20.5. The Balaban J connectivity index is 1.59. The minimum absolute atomic E-state index is 0.0356. The number of nitrogens with zero attached hydrogens (tertiary/aromatic N) is 1. The second kappa shape index (κ2) is 7.79. The van der Waals surface area contributed by atoms with Gasteiger partial charge in [0.2, 0.25) is 5.91 Å². The van der Waals surface area contributed by atoms with E-state index in [4.69, 9.17) is 15.2 Å². The molecule has 2 aliphatic carbocycles. The van der Waals surface area contributed by atoms with Gasteiger partial charge >= 0.3 is 0 Å². The SMILES string of the molecule is CNC1(C(=O)NC2CC2)C=CC(Oc2ccnc3cc(OC)c(C(N)=O)cc23)=CC1. The number of hydrogen-bond donors (Lipinski definition) is 3. The molecule has 0 aliphatic heterocycles. The highest BCUT2D eigenvalue weighted by molar-refractivity contribution is 6.01. The number of nitrogens with one attached hydrogen (secondary N) is 2. The zero-order chi connectivity index (χ0) is 21.3. The van der Waals surface area contributed by atoms with Crippen molar-refractivity contribution in [2.45, 2.75) is 30.8 Å². The van der Waals surface area contributed by atoms with E-state index in [1.807, 2.05) is 12.2 Å². The Hall–Kier alpha value is -3.39. The summed E-state index contributed by atoms with van der Waals surface area (Å²) in [6.07, 6.45) is 9.61. The minimum atomic E-state index is -0.789. The maximum Gasteiger partial charge on any atom is 0.252 e. The van der Waals surface area contributed by atoms with E-state index in [9.17, 15) is 9.59 Å². The van der Waals surface area contributed by atoms with Gasteiger partial charge in [0.05, 0.1) is 18.2 Å². The predicted molar refractivity (Wildman–Crippen MR) is 112 cm³/mol. The number of ether oxygens (including phenoxy) is 2. The zero-order valence-corrected chi connectivity index (χ0v) is 16.9. The molecule has 2 amide bonds. The summed E-state index contributed by atoms with van der Waals surface area (Å²) in [4.78, 5) is 28.8. The van der Waals surface area contributed by atoms with Crippen LogP contribution in [0, 0.1) is 0 Å².